The number of nitrogens with one attached hydrogen (secondary N) is 1. The van der Waals surface area contributed by atoms with Crippen molar-refractivity contribution in [2.45, 2.75) is 26.3 Å². The van der Waals surface area contributed by atoms with Crippen molar-refractivity contribution >= 4 is 5.91 Å². The molecule has 2 N–H and O–H groups in total. The first-order valence-electron chi connectivity index (χ1n) is 6.43. The zero-order chi connectivity index (χ0) is 14.3. The monoisotopic (exact) mass is 260 g/mol. The molecule has 0 heterocycles. The molecule has 19 heavy (non-hydrogen) atoms. The lowest BCUT2D eigenvalue weighted by Crippen LogP contribution is -2.44. The maximum Gasteiger partial charge on any atom is 0.238 e. The van der Waals surface area contributed by atoms with Gasteiger partial charge in [0.1, 0.15) is 5.92 Å². The van der Waals surface area contributed by atoms with Crippen molar-refractivity contribution in [1.82, 2.24) is 5.32 Å². The van der Waals surface area contributed by atoms with Gasteiger partial charge in [0, 0.05) is 0 Å². The highest BCUT2D eigenvalue weighted by Crippen LogP contribution is 2.10. The minimum atomic E-state index is -0.727. The summed E-state index contributed by atoms with van der Waals surface area (Å²) in [5.74, 6) is -0.917. The fourth-order valence-corrected chi connectivity index (χ4v) is 1.75. The molecule has 4 heteroatoms. The van der Waals surface area contributed by atoms with Gasteiger partial charge in [0.2, 0.25) is 5.91 Å². The summed E-state index contributed by atoms with van der Waals surface area (Å²) in [6.45, 7) is 3.71. The normalized spacial score (nSPS) is 13.6. The van der Waals surface area contributed by atoms with Crippen molar-refractivity contribution in [3.63, 3.8) is 0 Å². The minimum absolute atomic E-state index is 0.118. The van der Waals surface area contributed by atoms with E-state index in [-0.39, 0.29) is 24.5 Å². The molecule has 0 spiro atoms. The average Bonchev–Trinajstić information content (AvgIpc) is 2.42. The van der Waals surface area contributed by atoms with Crippen LogP contribution in [0.2, 0.25) is 0 Å². The van der Waals surface area contributed by atoms with Crippen LogP contribution in [0.1, 0.15) is 19.4 Å². The molecule has 0 saturated heterocycles. The molecule has 0 saturated carbocycles. The van der Waals surface area contributed by atoms with Gasteiger partial charge in [-0.1, -0.05) is 44.2 Å². The fourth-order valence-electron chi connectivity index (χ4n) is 1.75. The van der Waals surface area contributed by atoms with Gasteiger partial charge in [0.25, 0.3) is 0 Å². The Bertz CT molecular complexity index is 437. The van der Waals surface area contributed by atoms with Crippen LogP contribution in [0, 0.1) is 23.2 Å². The SMILES string of the molecule is CC(C)[C@@H](CO)NC(=O)C(C#N)Cc1ccccc1. The Balaban J connectivity index is 2.65. The number of rotatable bonds is 6. The second kappa shape index (κ2) is 7.55. The molecule has 102 valence electrons. The molecule has 0 fully saturated rings. The largest absolute Gasteiger partial charge is 0.394 e. The number of nitriles is 1. The highest BCUT2D eigenvalue weighted by atomic mass is 16.3. The number of amides is 1. The van der Waals surface area contributed by atoms with Gasteiger partial charge >= 0.3 is 0 Å². The number of nitrogens with zero attached hydrogens (tertiary/aromatic N) is 1. The molecule has 0 aliphatic carbocycles. The molecule has 0 radical (unpaired) electrons. The second-order valence-electron chi connectivity index (χ2n) is 4.91. The van der Waals surface area contributed by atoms with Crippen LogP contribution in [0.5, 0.6) is 0 Å². The van der Waals surface area contributed by atoms with Crippen LogP contribution in [-0.2, 0) is 11.2 Å². The maximum absolute atomic E-state index is 12.0. The van der Waals surface area contributed by atoms with Gasteiger partial charge in [-0.05, 0) is 17.9 Å². The van der Waals surface area contributed by atoms with E-state index < -0.39 is 5.92 Å². The molecule has 0 aromatic heterocycles. The summed E-state index contributed by atoms with van der Waals surface area (Å²) in [6.07, 6.45) is 0.388. The van der Waals surface area contributed by atoms with E-state index in [9.17, 15) is 9.90 Å². The number of carbonyl (C=O) groups is 1. The highest BCUT2D eigenvalue weighted by Gasteiger charge is 2.22. The number of hydrogen-bond acceptors (Lipinski definition) is 3. The van der Waals surface area contributed by atoms with Gasteiger partial charge in [-0.25, -0.2) is 0 Å². The predicted octanol–water partition coefficient (Wildman–Crippen LogP) is 1.50. The first-order chi connectivity index (χ1) is 9.08. The minimum Gasteiger partial charge on any atom is -0.394 e. The molecule has 1 aromatic carbocycles. The van der Waals surface area contributed by atoms with Crippen LogP contribution in [0.25, 0.3) is 0 Å². The van der Waals surface area contributed by atoms with E-state index in [1.807, 2.05) is 50.2 Å². The van der Waals surface area contributed by atoms with Crippen molar-refractivity contribution < 1.29 is 9.90 Å². The standard InChI is InChI=1S/C15H20N2O2/c1-11(2)14(10-18)17-15(19)13(9-16)8-12-6-4-3-5-7-12/h3-7,11,13-14,18H,8,10H2,1-2H3,(H,17,19)/t13?,14-/m1/s1. The highest BCUT2D eigenvalue weighted by molar-refractivity contribution is 5.81. The Morgan fingerprint density at radius 3 is 2.47 bits per heavy atom. The molecule has 1 aromatic rings. The van der Waals surface area contributed by atoms with E-state index in [2.05, 4.69) is 5.32 Å². The number of carbonyl (C=O) groups excluding carboxylic acids is 1. The lowest BCUT2D eigenvalue weighted by molar-refractivity contribution is -0.124. The number of benzene rings is 1. The Morgan fingerprint density at radius 2 is 2.00 bits per heavy atom. The van der Waals surface area contributed by atoms with Gasteiger partial charge in [0.15, 0.2) is 0 Å². The smallest absolute Gasteiger partial charge is 0.238 e. The molecular weight excluding hydrogens is 240 g/mol. The molecule has 0 aliphatic heterocycles. The Morgan fingerprint density at radius 1 is 1.37 bits per heavy atom. The third kappa shape index (κ3) is 4.72. The van der Waals surface area contributed by atoms with Gasteiger partial charge in [0.05, 0.1) is 18.7 Å². The summed E-state index contributed by atoms with van der Waals surface area (Å²) in [4.78, 5) is 12.0. The molecule has 1 rings (SSSR count). The molecular formula is C15H20N2O2. The molecule has 1 unspecified atom stereocenters. The molecule has 4 nitrogen and oxygen atoms in total. The first kappa shape index (κ1) is 15.2. The van der Waals surface area contributed by atoms with Gasteiger partial charge in [-0.15, -0.1) is 0 Å². The predicted molar refractivity (Wildman–Crippen MR) is 73.1 cm³/mol. The zero-order valence-corrected chi connectivity index (χ0v) is 11.3. The van der Waals surface area contributed by atoms with E-state index in [0.717, 1.165) is 5.56 Å². The third-order valence-electron chi connectivity index (χ3n) is 3.08. The molecule has 0 bridgehead atoms. The van der Waals surface area contributed by atoms with Crippen molar-refractivity contribution in [3.8, 4) is 6.07 Å². The van der Waals surface area contributed by atoms with E-state index in [4.69, 9.17) is 5.26 Å². The Labute approximate surface area is 114 Å². The summed E-state index contributed by atoms with van der Waals surface area (Å²) in [5, 5.41) is 21.0. The van der Waals surface area contributed by atoms with Crippen LogP contribution < -0.4 is 5.32 Å². The maximum atomic E-state index is 12.0. The van der Waals surface area contributed by atoms with Crippen molar-refractivity contribution in [2.75, 3.05) is 6.61 Å². The summed E-state index contributed by atoms with van der Waals surface area (Å²) in [5.41, 5.74) is 0.953. The van der Waals surface area contributed by atoms with Crippen molar-refractivity contribution in [2.24, 2.45) is 11.8 Å². The van der Waals surface area contributed by atoms with E-state index in [1.165, 1.54) is 0 Å². The van der Waals surface area contributed by atoms with Crippen LogP contribution >= 0.6 is 0 Å². The summed E-state index contributed by atoms with van der Waals surface area (Å²) < 4.78 is 0. The topological polar surface area (TPSA) is 73.1 Å². The second-order valence-corrected chi connectivity index (χ2v) is 4.91. The van der Waals surface area contributed by atoms with E-state index >= 15 is 0 Å². The number of hydrogen-bond donors (Lipinski definition) is 2. The van der Waals surface area contributed by atoms with Crippen LogP contribution in [0.4, 0.5) is 0 Å². The van der Waals surface area contributed by atoms with Gasteiger partial charge in [-0.2, -0.15) is 5.26 Å². The molecule has 0 aliphatic rings. The summed E-state index contributed by atoms with van der Waals surface area (Å²) >= 11 is 0. The Kier molecular flexibility index (Phi) is 6.04. The number of aliphatic hydroxyl groups is 1. The summed E-state index contributed by atoms with van der Waals surface area (Å²) in [6, 6.07) is 11.2. The third-order valence-corrected chi connectivity index (χ3v) is 3.08. The fraction of sp³-hybridized carbons (Fsp3) is 0.467. The average molecular weight is 260 g/mol. The molecule has 1 amide bonds. The van der Waals surface area contributed by atoms with E-state index in [1.54, 1.807) is 0 Å². The van der Waals surface area contributed by atoms with Crippen molar-refractivity contribution in [3.05, 3.63) is 35.9 Å². The van der Waals surface area contributed by atoms with Crippen LogP contribution in [0.3, 0.4) is 0 Å². The van der Waals surface area contributed by atoms with Crippen molar-refractivity contribution in [1.29, 1.82) is 5.26 Å². The van der Waals surface area contributed by atoms with Crippen LogP contribution in [-0.4, -0.2) is 23.7 Å². The quantitative estimate of drug-likeness (QED) is 0.814. The van der Waals surface area contributed by atoms with Crippen LogP contribution in [0.15, 0.2) is 30.3 Å². The number of aliphatic hydroxyl groups excluding tert-OH is 1. The zero-order valence-electron chi connectivity index (χ0n) is 11.3. The lowest BCUT2D eigenvalue weighted by atomic mass is 9.98. The van der Waals surface area contributed by atoms with Gasteiger partial charge in [-0.3, -0.25) is 4.79 Å². The molecule has 2 atom stereocenters. The summed E-state index contributed by atoms with van der Waals surface area (Å²) in [7, 11) is 0. The first-order valence-corrected chi connectivity index (χ1v) is 6.43. The van der Waals surface area contributed by atoms with E-state index in [0.29, 0.717) is 6.42 Å². The van der Waals surface area contributed by atoms with Gasteiger partial charge < -0.3 is 10.4 Å². The Hall–Kier alpha value is -1.86. The lowest BCUT2D eigenvalue weighted by Gasteiger charge is -2.21.